The highest BCUT2D eigenvalue weighted by molar-refractivity contribution is 5.73. The van der Waals surface area contributed by atoms with Gasteiger partial charge in [-0.05, 0) is 62.4 Å². The maximum absolute atomic E-state index is 11.2. The van der Waals surface area contributed by atoms with Crippen LogP contribution in [0, 0.1) is 5.41 Å². The van der Waals surface area contributed by atoms with Crippen LogP contribution >= 0.6 is 0 Å². The van der Waals surface area contributed by atoms with Crippen LogP contribution in [0.1, 0.15) is 13.8 Å². The second-order valence-electron chi connectivity index (χ2n) is 7.79. The summed E-state index contributed by atoms with van der Waals surface area (Å²) in [6.07, 6.45) is 5.28. The average Bonchev–Trinajstić information content (AvgIpc) is 3.29. The average molecular weight is 414 g/mol. The molecule has 0 aliphatic heterocycles. The van der Waals surface area contributed by atoms with E-state index in [-0.39, 0.29) is 6.61 Å². The molecule has 31 heavy (non-hydrogen) atoms. The summed E-state index contributed by atoms with van der Waals surface area (Å²) in [5.74, 6) is 0.453. The first-order chi connectivity index (χ1) is 14.9. The smallest absolute Gasteiger partial charge is 0.312 e. The monoisotopic (exact) mass is 414 g/mol. The standard InChI is InChI=1S/C24H22N4O3/c1-24(2,23(29)30)15-31-18-9-6-16(7-10-18)19-11-8-17(13-26-19)22-27-14-21(28-22)20-5-3-4-12-25-20/h3-14H,15H2,1-2H3,(H,27,28)(H,29,30). The first kappa shape index (κ1) is 20.3. The van der Waals surface area contributed by atoms with Gasteiger partial charge in [-0.2, -0.15) is 0 Å². The molecular formula is C24H22N4O3. The van der Waals surface area contributed by atoms with Crippen LogP contribution in [-0.4, -0.2) is 37.6 Å². The summed E-state index contributed by atoms with van der Waals surface area (Å²) >= 11 is 0. The van der Waals surface area contributed by atoms with Gasteiger partial charge in [0.25, 0.3) is 0 Å². The van der Waals surface area contributed by atoms with E-state index in [1.807, 2.05) is 54.6 Å². The predicted octanol–water partition coefficient (Wildman–Crippen LogP) is 4.69. The minimum atomic E-state index is -0.946. The molecule has 4 rings (SSSR count). The van der Waals surface area contributed by atoms with Crippen molar-refractivity contribution in [3.05, 3.63) is 73.2 Å². The molecule has 3 heterocycles. The highest BCUT2D eigenvalue weighted by Gasteiger charge is 2.28. The molecule has 7 nitrogen and oxygen atoms in total. The molecule has 1 aromatic carbocycles. The van der Waals surface area contributed by atoms with E-state index in [4.69, 9.17) is 4.74 Å². The lowest BCUT2D eigenvalue weighted by atomic mass is 9.95. The minimum Gasteiger partial charge on any atom is -0.492 e. The number of nitrogens with zero attached hydrogens (tertiary/aromatic N) is 3. The third kappa shape index (κ3) is 4.61. The number of pyridine rings is 2. The summed E-state index contributed by atoms with van der Waals surface area (Å²) < 4.78 is 5.62. The van der Waals surface area contributed by atoms with Crippen molar-refractivity contribution >= 4 is 5.97 Å². The Morgan fingerprint density at radius 1 is 0.935 bits per heavy atom. The number of carboxylic acids is 1. The molecule has 0 spiro atoms. The normalized spacial score (nSPS) is 11.3. The first-order valence-corrected chi connectivity index (χ1v) is 9.82. The lowest BCUT2D eigenvalue weighted by molar-refractivity contribution is -0.148. The van der Waals surface area contributed by atoms with Gasteiger partial charge in [-0.15, -0.1) is 0 Å². The fourth-order valence-electron chi connectivity index (χ4n) is 2.87. The Morgan fingerprint density at radius 2 is 1.71 bits per heavy atom. The van der Waals surface area contributed by atoms with Gasteiger partial charge in [-0.3, -0.25) is 14.8 Å². The zero-order valence-corrected chi connectivity index (χ0v) is 17.2. The number of carbonyl (C=O) groups is 1. The van der Waals surface area contributed by atoms with Crippen molar-refractivity contribution in [1.82, 2.24) is 19.9 Å². The molecule has 0 fully saturated rings. The Labute approximate surface area is 179 Å². The van der Waals surface area contributed by atoms with Crippen LogP contribution in [-0.2, 0) is 4.79 Å². The number of aliphatic carboxylic acids is 1. The van der Waals surface area contributed by atoms with Gasteiger partial charge in [0, 0.05) is 23.5 Å². The van der Waals surface area contributed by atoms with Gasteiger partial charge in [0.2, 0.25) is 0 Å². The van der Waals surface area contributed by atoms with Crippen LogP contribution < -0.4 is 4.74 Å². The lowest BCUT2D eigenvalue weighted by Gasteiger charge is -2.19. The van der Waals surface area contributed by atoms with Crippen molar-refractivity contribution in [3.63, 3.8) is 0 Å². The van der Waals surface area contributed by atoms with Crippen LogP contribution in [0.15, 0.2) is 73.2 Å². The van der Waals surface area contributed by atoms with E-state index >= 15 is 0 Å². The van der Waals surface area contributed by atoms with E-state index in [0.29, 0.717) is 5.75 Å². The fraction of sp³-hybridized carbons (Fsp3) is 0.167. The summed E-state index contributed by atoms with van der Waals surface area (Å²) in [4.78, 5) is 27.8. The Hall–Kier alpha value is -4.00. The van der Waals surface area contributed by atoms with Crippen LogP contribution in [0.3, 0.4) is 0 Å². The summed E-state index contributed by atoms with van der Waals surface area (Å²) in [7, 11) is 0. The van der Waals surface area contributed by atoms with Crippen LogP contribution in [0.25, 0.3) is 34.0 Å². The Morgan fingerprint density at radius 3 is 2.35 bits per heavy atom. The number of nitrogens with one attached hydrogen (secondary N) is 1. The fourth-order valence-corrected chi connectivity index (χ4v) is 2.87. The highest BCUT2D eigenvalue weighted by Crippen LogP contribution is 2.25. The number of H-pyrrole nitrogens is 1. The first-order valence-electron chi connectivity index (χ1n) is 9.82. The quantitative estimate of drug-likeness (QED) is 0.455. The van der Waals surface area contributed by atoms with Gasteiger partial charge in [-0.1, -0.05) is 6.07 Å². The molecule has 0 unspecified atom stereocenters. The van der Waals surface area contributed by atoms with Gasteiger partial charge in [0.1, 0.15) is 18.2 Å². The Balaban J connectivity index is 1.45. The number of benzene rings is 1. The Bertz CT molecular complexity index is 1170. The second kappa shape index (κ2) is 8.39. The largest absolute Gasteiger partial charge is 0.492 e. The van der Waals surface area contributed by atoms with Crippen LogP contribution in [0.5, 0.6) is 5.75 Å². The molecule has 0 aliphatic carbocycles. The molecular weight excluding hydrogens is 392 g/mol. The molecule has 156 valence electrons. The number of imidazole rings is 1. The highest BCUT2D eigenvalue weighted by atomic mass is 16.5. The zero-order valence-electron chi connectivity index (χ0n) is 17.2. The number of rotatable bonds is 7. The van der Waals surface area contributed by atoms with Crippen LogP contribution in [0.2, 0.25) is 0 Å². The maximum atomic E-state index is 11.2. The molecule has 0 saturated heterocycles. The van der Waals surface area contributed by atoms with Crippen molar-refractivity contribution in [2.24, 2.45) is 5.41 Å². The molecule has 2 N–H and O–H groups in total. The summed E-state index contributed by atoms with van der Waals surface area (Å²) in [5.41, 5.74) is 3.36. The van der Waals surface area contributed by atoms with Crippen molar-refractivity contribution in [3.8, 4) is 39.8 Å². The van der Waals surface area contributed by atoms with E-state index in [0.717, 1.165) is 34.0 Å². The predicted molar refractivity (Wildman–Crippen MR) is 117 cm³/mol. The molecule has 3 aromatic heterocycles. The number of ether oxygens (including phenoxy) is 1. The van der Waals surface area contributed by atoms with Crippen molar-refractivity contribution < 1.29 is 14.6 Å². The molecule has 0 amide bonds. The molecule has 4 aromatic rings. The van der Waals surface area contributed by atoms with Gasteiger partial charge in [0.05, 0.1) is 28.7 Å². The van der Waals surface area contributed by atoms with E-state index in [9.17, 15) is 9.90 Å². The van der Waals surface area contributed by atoms with Gasteiger partial charge in [0.15, 0.2) is 0 Å². The third-order valence-corrected chi connectivity index (χ3v) is 4.88. The van der Waals surface area contributed by atoms with E-state index < -0.39 is 11.4 Å². The lowest BCUT2D eigenvalue weighted by Crippen LogP contribution is -2.30. The molecule has 0 bridgehead atoms. The SMILES string of the molecule is CC(C)(COc1ccc(-c2ccc(-c3ncc(-c4ccccn4)[nH]3)cn2)cc1)C(=O)O. The summed E-state index contributed by atoms with van der Waals surface area (Å²) in [6.45, 7) is 3.36. The zero-order chi connectivity index (χ0) is 21.8. The van der Waals surface area contributed by atoms with Crippen molar-refractivity contribution in [1.29, 1.82) is 0 Å². The molecule has 0 radical (unpaired) electrons. The van der Waals surface area contributed by atoms with E-state index in [1.54, 1.807) is 32.4 Å². The van der Waals surface area contributed by atoms with Gasteiger partial charge < -0.3 is 14.8 Å². The summed E-state index contributed by atoms with van der Waals surface area (Å²) in [5, 5.41) is 9.18. The molecule has 0 aliphatic rings. The van der Waals surface area contributed by atoms with Gasteiger partial charge >= 0.3 is 5.97 Å². The van der Waals surface area contributed by atoms with Crippen molar-refractivity contribution in [2.45, 2.75) is 13.8 Å². The third-order valence-electron chi connectivity index (χ3n) is 4.88. The van der Waals surface area contributed by atoms with Crippen LogP contribution in [0.4, 0.5) is 0 Å². The minimum absolute atomic E-state index is 0.0955. The second-order valence-corrected chi connectivity index (χ2v) is 7.79. The number of aromatic amines is 1. The number of carboxylic acid groups (broad SMARTS) is 1. The summed E-state index contributed by atoms with van der Waals surface area (Å²) in [6, 6.07) is 17.1. The van der Waals surface area contributed by atoms with E-state index in [1.165, 1.54) is 0 Å². The Kier molecular flexibility index (Phi) is 5.49. The number of aromatic nitrogens is 4. The van der Waals surface area contributed by atoms with E-state index in [2.05, 4.69) is 19.9 Å². The molecule has 0 saturated carbocycles. The molecule has 7 heteroatoms. The maximum Gasteiger partial charge on any atom is 0.312 e. The number of hydrogen-bond acceptors (Lipinski definition) is 5. The number of hydrogen-bond donors (Lipinski definition) is 2. The molecule has 0 atom stereocenters. The van der Waals surface area contributed by atoms with Crippen molar-refractivity contribution in [2.75, 3.05) is 6.61 Å². The topological polar surface area (TPSA) is 101 Å². The van der Waals surface area contributed by atoms with Gasteiger partial charge in [-0.25, -0.2) is 4.98 Å².